The van der Waals surface area contributed by atoms with Gasteiger partial charge in [-0.25, -0.2) is 0 Å². The van der Waals surface area contributed by atoms with Crippen molar-refractivity contribution in [2.45, 2.75) is 31.5 Å². The van der Waals surface area contributed by atoms with Gasteiger partial charge in [0.25, 0.3) is 0 Å². The van der Waals surface area contributed by atoms with Crippen LogP contribution in [0.3, 0.4) is 0 Å². The zero-order valence-corrected chi connectivity index (χ0v) is 10.1. The van der Waals surface area contributed by atoms with E-state index in [9.17, 15) is 13.2 Å². The van der Waals surface area contributed by atoms with Gasteiger partial charge in [0.05, 0.1) is 24.3 Å². The first kappa shape index (κ1) is 14.7. The van der Waals surface area contributed by atoms with E-state index in [1.54, 1.807) is 0 Å². The van der Waals surface area contributed by atoms with Crippen molar-refractivity contribution in [2.24, 2.45) is 11.7 Å². The molecule has 0 radical (unpaired) electrons. The van der Waals surface area contributed by atoms with Crippen LogP contribution < -0.4 is 5.73 Å². The Balaban J connectivity index is 2.29. The second-order valence-electron chi connectivity index (χ2n) is 4.02. The van der Waals surface area contributed by atoms with E-state index < -0.39 is 23.7 Å². The molecule has 2 N–H and O–H groups in total. The lowest BCUT2D eigenvalue weighted by Gasteiger charge is -2.24. The fourth-order valence-electron chi connectivity index (χ4n) is 1.59. The van der Waals surface area contributed by atoms with Crippen LogP contribution in [0.4, 0.5) is 13.2 Å². The number of nitrogens with two attached hydrogens (primary N) is 1. The molecule has 1 fully saturated rings. The van der Waals surface area contributed by atoms with Crippen LogP contribution in [-0.2, 0) is 9.47 Å². The van der Waals surface area contributed by atoms with Crippen LogP contribution in [0.1, 0.15) is 19.3 Å². The Labute approximate surface area is 103 Å². The molecule has 0 spiro atoms. The largest absolute Gasteiger partial charge is 0.400 e. The van der Waals surface area contributed by atoms with Crippen LogP contribution in [0.25, 0.3) is 0 Å². The lowest BCUT2D eigenvalue weighted by molar-refractivity contribution is -0.171. The monoisotopic (exact) mass is 271 g/mol. The number of halogens is 3. The normalized spacial score (nSPS) is 23.4. The molecule has 7 heteroatoms. The molecule has 17 heavy (non-hydrogen) atoms. The van der Waals surface area contributed by atoms with Crippen molar-refractivity contribution in [3.63, 3.8) is 0 Å². The second-order valence-corrected chi connectivity index (χ2v) is 4.49. The average molecular weight is 271 g/mol. The van der Waals surface area contributed by atoms with Gasteiger partial charge in [-0.2, -0.15) is 13.2 Å². The third kappa shape index (κ3) is 5.18. The Morgan fingerprint density at radius 3 is 2.65 bits per heavy atom. The van der Waals surface area contributed by atoms with E-state index in [2.05, 4.69) is 12.2 Å². The molecule has 1 saturated heterocycles. The number of hydrogen-bond acceptors (Lipinski definition) is 3. The van der Waals surface area contributed by atoms with Crippen molar-refractivity contribution in [1.82, 2.24) is 0 Å². The molecule has 1 heterocycles. The lowest BCUT2D eigenvalue weighted by atomic mass is 10.1. The number of hydrogen-bond donors (Lipinski definition) is 1. The highest BCUT2D eigenvalue weighted by atomic mass is 32.1. The average Bonchev–Trinajstić information content (AvgIpc) is 2.23. The van der Waals surface area contributed by atoms with Crippen LogP contribution >= 0.6 is 12.2 Å². The van der Waals surface area contributed by atoms with Gasteiger partial charge in [-0.1, -0.05) is 12.2 Å². The second kappa shape index (κ2) is 6.51. The van der Waals surface area contributed by atoms with Gasteiger partial charge in [-0.15, -0.1) is 0 Å². The lowest BCUT2D eigenvalue weighted by Crippen LogP contribution is -2.38. The maximum atomic E-state index is 12.5. The van der Waals surface area contributed by atoms with Crippen LogP contribution in [0.15, 0.2) is 0 Å². The van der Waals surface area contributed by atoms with Gasteiger partial charge in [-0.05, 0) is 19.3 Å². The van der Waals surface area contributed by atoms with Gasteiger partial charge in [-0.3, -0.25) is 0 Å². The summed E-state index contributed by atoms with van der Waals surface area (Å²) in [6.07, 6.45) is -1.71. The Morgan fingerprint density at radius 2 is 2.18 bits per heavy atom. The Kier molecular flexibility index (Phi) is 5.61. The number of ether oxygens (including phenoxy) is 2. The minimum atomic E-state index is -4.45. The van der Waals surface area contributed by atoms with Crippen molar-refractivity contribution < 1.29 is 22.6 Å². The van der Waals surface area contributed by atoms with Crippen molar-refractivity contribution in [3.05, 3.63) is 0 Å². The van der Waals surface area contributed by atoms with E-state index in [4.69, 9.17) is 15.2 Å². The van der Waals surface area contributed by atoms with E-state index in [0.29, 0.717) is 6.61 Å². The summed E-state index contributed by atoms with van der Waals surface area (Å²) in [6.45, 7) is 0.278. The topological polar surface area (TPSA) is 44.5 Å². The molecule has 100 valence electrons. The minimum Gasteiger partial charge on any atom is -0.393 e. The summed E-state index contributed by atoms with van der Waals surface area (Å²) in [4.78, 5) is -0.581. The summed E-state index contributed by atoms with van der Waals surface area (Å²) in [5.41, 5.74) is 5.04. The van der Waals surface area contributed by atoms with E-state index in [1.165, 1.54) is 0 Å². The molecule has 2 unspecified atom stereocenters. The highest BCUT2D eigenvalue weighted by Gasteiger charge is 2.41. The fraction of sp³-hybridized carbons (Fsp3) is 0.900. The first-order chi connectivity index (χ1) is 7.91. The SMILES string of the molecule is NC(=S)C(COCC1CCCCO1)C(F)(F)F. The van der Waals surface area contributed by atoms with Gasteiger partial charge < -0.3 is 15.2 Å². The first-order valence-electron chi connectivity index (χ1n) is 5.46. The van der Waals surface area contributed by atoms with Crippen LogP contribution in [0.2, 0.25) is 0 Å². The van der Waals surface area contributed by atoms with Crippen molar-refractivity contribution in [1.29, 1.82) is 0 Å². The molecular formula is C10H16F3NO2S. The molecule has 0 aromatic carbocycles. The molecular weight excluding hydrogens is 255 g/mol. The van der Waals surface area contributed by atoms with Crippen molar-refractivity contribution in [2.75, 3.05) is 19.8 Å². The molecule has 1 rings (SSSR count). The molecule has 2 atom stereocenters. The first-order valence-corrected chi connectivity index (χ1v) is 5.87. The molecule has 0 aromatic heterocycles. The van der Waals surface area contributed by atoms with Crippen LogP contribution in [0.5, 0.6) is 0 Å². The fourth-order valence-corrected chi connectivity index (χ4v) is 1.80. The van der Waals surface area contributed by atoms with Crippen LogP contribution in [-0.4, -0.2) is 37.1 Å². The van der Waals surface area contributed by atoms with Crippen molar-refractivity contribution >= 4 is 17.2 Å². The maximum absolute atomic E-state index is 12.5. The van der Waals surface area contributed by atoms with Gasteiger partial charge >= 0.3 is 6.18 Å². The van der Waals surface area contributed by atoms with Gasteiger partial charge in [0, 0.05) is 6.61 Å². The number of rotatable bonds is 5. The molecule has 0 aliphatic carbocycles. The molecule has 3 nitrogen and oxygen atoms in total. The standard InChI is InChI=1S/C10H16F3NO2S/c11-10(12,13)8(9(14)17)6-15-5-7-3-1-2-4-16-7/h7-8H,1-6H2,(H2,14,17). The maximum Gasteiger partial charge on any atom is 0.400 e. The molecule has 1 aliphatic heterocycles. The van der Waals surface area contributed by atoms with Gasteiger partial charge in [0.2, 0.25) is 0 Å². The van der Waals surface area contributed by atoms with E-state index >= 15 is 0 Å². The van der Waals surface area contributed by atoms with Crippen LogP contribution in [0, 0.1) is 5.92 Å². The predicted octanol–water partition coefficient (Wildman–Crippen LogP) is 2.04. The molecule has 0 aromatic rings. The zero-order chi connectivity index (χ0) is 12.9. The number of alkyl halides is 3. The summed E-state index contributed by atoms with van der Waals surface area (Å²) in [5.74, 6) is -1.87. The number of thiocarbonyl (C=S) groups is 1. The Hall–Kier alpha value is -0.400. The Morgan fingerprint density at radius 1 is 1.47 bits per heavy atom. The van der Waals surface area contributed by atoms with Gasteiger partial charge in [0.15, 0.2) is 0 Å². The summed E-state index contributed by atoms with van der Waals surface area (Å²) in [7, 11) is 0. The quantitative estimate of drug-likeness (QED) is 0.777. The highest BCUT2D eigenvalue weighted by Crippen LogP contribution is 2.27. The minimum absolute atomic E-state index is 0.107. The predicted molar refractivity (Wildman–Crippen MR) is 60.7 cm³/mol. The van der Waals surface area contributed by atoms with Crippen molar-refractivity contribution in [3.8, 4) is 0 Å². The molecule has 0 bridgehead atoms. The van der Waals surface area contributed by atoms with E-state index in [0.717, 1.165) is 19.3 Å². The zero-order valence-electron chi connectivity index (χ0n) is 9.33. The summed E-state index contributed by atoms with van der Waals surface area (Å²) in [5, 5.41) is 0. The highest BCUT2D eigenvalue weighted by molar-refractivity contribution is 7.80. The molecule has 1 aliphatic rings. The summed E-state index contributed by atoms with van der Waals surface area (Å²) in [6, 6.07) is 0. The Bertz CT molecular complexity index is 254. The third-order valence-corrected chi connectivity index (χ3v) is 2.89. The smallest absolute Gasteiger partial charge is 0.393 e. The molecule has 0 amide bonds. The summed E-state index contributed by atoms with van der Waals surface area (Å²) < 4.78 is 47.7. The summed E-state index contributed by atoms with van der Waals surface area (Å²) >= 11 is 4.38. The molecule has 0 saturated carbocycles. The van der Waals surface area contributed by atoms with Gasteiger partial charge in [0.1, 0.15) is 5.92 Å². The third-order valence-electron chi connectivity index (χ3n) is 2.60. The van der Waals surface area contributed by atoms with E-state index in [1.807, 2.05) is 0 Å². The van der Waals surface area contributed by atoms with E-state index in [-0.39, 0.29) is 12.7 Å².